The average molecular weight is 360 g/mol. The second kappa shape index (κ2) is 7.32. The summed E-state index contributed by atoms with van der Waals surface area (Å²) in [7, 11) is 2.18. The first kappa shape index (κ1) is 17.4. The molecule has 4 rings (SSSR count). The van der Waals surface area contributed by atoms with Gasteiger partial charge in [-0.05, 0) is 32.0 Å². The molecule has 1 aromatic carbocycles. The molecule has 7 heteroatoms. The highest BCUT2D eigenvalue weighted by atomic mass is 16.6. The van der Waals surface area contributed by atoms with Crippen LogP contribution in [0.5, 0.6) is 11.5 Å². The van der Waals surface area contributed by atoms with Crippen molar-refractivity contribution >= 4 is 11.6 Å². The number of nitrogens with two attached hydrogens (primary N) is 1. The maximum absolute atomic E-state index is 13.0. The number of nitrogen functional groups attached to an aromatic ring is 1. The predicted octanol–water partition coefficient (Wildman–Crippen LogP) is 0.892. The lowest BCUT2D eigenvalue weighted by Gasteiger charge is -2.42. The number of hydrogen-bond donors (Lipinski definition) is 1. The molecule has 142 valence electrons. The Hall–Kier alpha value is -1.99. The molecular formula is C19H28N4O3. The zero-order valence-electron chi connectivity index (χ0n) is 15.4. The fraction of sp³-hybridized carbons (Fsp3) is 0.632. The number of piperazine rings is 1. The van der Waals surface area contributed by atoms with E-state index in [9.17, 15) is 4.79 Å². The van der Waals surface area contributed by atoms with Gasteiger partial charge in [0.25, 0.3) is 5.91 Å². The van der Waals surface area contributed by atoms with Crippen molar-refractivity contribution in [1.82, 2.24) is 14.7 Å². The van der Waals surface area contributed by atoms with E-state index in [1.165, 1.54) is 0 Å². The maximum atomic E-state index is 13.0. The van der Waals surface area contributed by atoms with Crippen molar-refractivity contribution in [1.29, 1.82) is 0 Å². The van der Waals surface area contributed by atoms with E-state index in [1.54, 1.807) is 12.1 Å². The Kier molecular flexibility index (Phi) is 4.91. The molecule has 0 bridgehead atoms. The summed E-state index contributed by atoms with van der Waals surface area (Å²) in [6, 6.07) is 4.09. The molecule has 2 saturated heterocycles. The van der Waals surface area contributed by atoms with Crippen LogP contribution < -0.4 is 15.2 Å². The minimum Gasteiger partial charge on any atom is -0.485 e. The van der Waals surface area contributed by atoms with Gasteiger partial charge in [0.05, 0.1) is 11.3 Å². The van der Waals surface area contributed by atoms with Gasteiger partial charge < -0.3 is 25.0 Å². The van der Waals surface area contributed by atoms with E-state index < -0.39 is 0 Å². The number of hydrogen-bond acceptors (Lipinski definition) is 6. The van der Waals surface area contributed by atoms with Gasteiger partial charge in [0.2, 0.25) is 0 Å². The van der Waals surface area contributed by atoms with E-state index in [-0.39, 0.29) is 5.91 Å². The molecule has 0 aliphatic carbocycles. The van der Waals surface area contributed by atoms with Crippen LogP contribution in [0.3, 0.4) is 0 Å². The zero-order chi connectivity index (χ0) is 18.1. The summed E-state index contributed by atoms with van der Waals surface area (Å²) in [5.74, 6) is 1.03. The number of piperidine rings is 1. The Balaban J connectivity index is 1.41. The Labute approximate surface area is 154 Å². The standard InChI is InChI=1S/C19H28N4O3/c1-21-8-10-22(11-9-21)14-4-6-23(7-5-14)19(24)15-2-3-16(20)18-17(15)25-12-13-26-18/h2-3,14H,4-13,20H2,1H3. The van der Waals surface area contributed by atoms with Crippen molar-refractivity contribution in [3.05, 3.63) is 17.7 Å². The average Bonchev–Trinajstić information content (AvgIpc) is 2.69. The van der Waals surface area contributed by atoms with Gasteiger partial charge in [-0.2, -0.15) is 0 Å². The van der Waals surface area contributed by atoms with Gasteiger partial charge in [-0.1, -0.05) is 0 Å². The summed E-state index contributed by atoms with van der Waals surface area (Å²) >= 11 is 0. The topological polar surface area (TPSA) is 71.3 Å². The van der Waals surface area contributed by atoms with Crippen molar-refractivity contribution in [2.75, 3.05) is 65.3 Å². The molecule has 1 amide bonds. The highest BCUT2D eigenvalue weighted by molar-refractivity contribution is 5.99. The monoisotopic (exact) mass is 360 g/mol. The molecule has 2 fully saturated rings. The zero-order valence-corrected chi connectivity index (χ0v) is 15.4. The predicted molar refractivity (Wildman–Crippen MR) is 99.8 cm³/mol. The molecule has 3 aliphatic heterocycles. The van der Waals surface area contributed by atoms with E-state index in [2.05, 4.69) is 16.8 Å². The van der Waals surface area contributed by atoms with Crippen LogP contribution in [0.4, 0.5) is 5.69 Å². The molecule has 2 N–H and O–H groups in total. The van der Waals surface area contributed by atoms with Gasteiger partial charge >= 0.3 is 0 Å². The lowest BCUT2D eigenvalue weighted by atomic mass is 10.0. The van der Waals surface area contributed by atoms with Crippen molar-refractivity contribution in [2.45, 2.75) is 18.9 Å². The maximum Gasteiger partial charge on any atom is 0.257 e. The summed E-state index contributed by atoms with van der Waals surface area (Å²) in [5.41, 5.74) is 7.04. The summed E-state index contributed by atoms with van der Waals surface area (Å²) < 4.78 is 11.3. The highest BCUT2D eigenvalue weighted by Gasteiger charge is 2.31. The number of likely N-dealkylation sites (tertiary alicyclic amines) is 1. The summed E-state index contributed by atoms with van der Waals surface area (Å²) in [6.45, 7) is 7.01. The smallest absolute Gasteiger partial charge is 0.257 e. The van der Waals surface area contributed by atoms with Crippen LogP contribution in [0.1, 0.15) is 23.2 Å². The molecule has 7 nitrogen and oxygen atoms in total. The van der Waals surface area contributed by atoms with E-state index in [0.29, 0.717) is 42.0 Å². The fourth-order valence-electron chi connectivity index (χ4n) is 4.12. The molecule has 0 atom stereocenters. The van der Waals surface area contributed by atoms with Crippen molar-refractivity contribution in [3.63, 3.8) is 0 Å². The Morgan fingerprint density at radius 2 is 1.65 bits per heavy atom. The first-order chi connectivity index (χ1) is 12.6. The van der Waals surface area contributed by atoms with Gasteiger partial charge in [0.1, 0.15) is 13.2 Å². The lowest BCUT2D eigenvalue weighted by Crippen LogP contribution is -2.53. The third kappa shape index (κ3) is 3.33. The minimum atomic E-state index is 0.0172. The van der Waals surface area contributed by atoms with Crippen LogP contribution in [0.2, 0.25) is 0 Å². The van der Waals surface area contributed by atoms with E-state index in [4.69, 9.17) is 15.2 Å². The quantitative estimate of drug-likeness (QED) is 0.790. The first-order valence-electron chi connectivity index (χ1n) is 9.53. The van der Waals surface area contributed by atoms with Crippen molar-refractivity contribution < 1.29 is 14.3 Å². The van der Waals surface area contributed by atoms with Crippen LogP contribution >= 0.6 is 0 Å². The van der Waals surface area contributed by atoms with Crippen molar-refractivity contribution in [3.8, 4) is 11.5 Å². The second-order valence-electron chi connectivity index (χ2n) is 7.42. The number of likely N-dealkylation sites (N-methyl/N-ethyl adjacent to an activating group) is 1. The number of carbonyl (C=O) groups excluding carboxylic acids is 1. The molecule has 3 aliphatic rings. The largest absolute Gasteiger partial charge is 0.485 e. The molecule has 0 saturated carbocycles. The molecular weight excluding hydrogens is 332 g/mol. The SMILES string of the molecule is CN1CCN(C2CCN(C(=O)c3ccc(N)c4c3OCCO4)CC2)CC1. The fourth-order valence-corrected chi connectivity index (χ4v) is 4.12. The summed E-state index contributed by atoms with van der Waals surface area (Å²) in [4.78, 5) is 19.9. The third-order valence-electron chi connectivity index (χ3n) is 5.76. The molecule has 0 aromatic heterocycles. The molecule has 3 heterocycles. The number of carbonyl (C=O) groups is 1. The lowest BCUT2D eigenvalue weighted by molar-refractivity contribution is 0.0513. The molecule has 0 spiro atoms. The first-order valence-corrected chi connectivity index (χ1v) is 9.53. The number of anilines is 1. The molecule has 0 radical (unpaired) electrons. The van der Waals surface area contributed by atoms with E-state index in [0.717, 1.165) is 52.1 Å². The summed E-state index contributed by atoms with van der Waals surface area (Å²) in [5, 5.41) is 0. The highest BCUT2D eigenvalue weighted by Crippen LogP contribution is 2.39. The van der Waals surface area contributed by atoms with E-state index >= 15 is 0 Å². The van der Waals surface area contributed by atoms with Gasteiger partial charge in [0, 0.05) is 45.3 Å². The molecule has 26 heavy (non-hydrogen) atoms. The second-order valence-corrected chi connectivity index (χ2v) is 7.42. The van der Waals surface area contributed by atoms with Gasteiger partial charge in [-0.3, -0.25) is 9.69 Å². The number of nitrogens with zero attached hydrogens (tertiary/aromatic N) is 3. The number of rotatable bonds is 2. The number of amides is 1. The van der Waals surface area contributed by atoms with Crippen LogP contribution in [0, 0.1) is 0 Å². The molecule has 0 unspecified atom stereocenters. The van der Waals surface area contributed by atoms with Gasteiger partial charge in [0.15, 0.2) is 11.5 Å². The Morgan fingerprint density at radius 1 is 1.00 bits per heavy atom. The van der Waals surface area contributed by atoms with Crippen LogP contribution in [-0.4, -0.2) is 86.2 Å². The Morgan fingerprint density at radius 3 is 2.35 bits per heavy atom. The van der Waals surface area contributed by atoms with Crippen LogP contribution in [0.15, 0.2) is 12.1 Å². The minimum absolute atomic E-state index is 0.0172. The van der Waals surface area contributed by atoms with Gasteiger partial charge in [-0.15, -0.1) is 0 Å². The Bertz CT molecular complexity index is 665. The molecule has 1 aromatic rings. The van der Waals surface area contributed by atoms with Crippen molar-refractivity contribution in [2.24, 2.45) is 0 Å². The van der Waals surface area contributed by atoms with E-state index in [1.807, 2.05) is 4.90 Å². The third-order valence-corrected chi connectivity index (χ3v) is 5.76. The van der Waals surface area contributed by atoms with Crippen LogP contribution in [0.25, 0.3) is 0 Å². The number of ether oxygens (including phenoxy) is 2. The van der Waals surface area contributed by atoms with Gasteiger partial charge in [-0.25, -0.2) is 0 Å². The van der Waals surface area contributed by atoms with Crippen LogP contribution in [-0.2, 0) is 0 Å². The normalized spacial score (nSPS) is 22.4. The number of fused-ring (bicyclic) bond motifs is 1. The number of benzene rings is 1. The summed E-state index contributed by atoms with van der Waals surface area (Å²) in [6.07, 6.45) is 2.06.